The van der Waals surface area contributed by atoms with Gasteiger partial charge < -0.3 is 4.90 Å². The van der Waals surface area contributed by atoms with E-state index in [1.165, 1.54) is 38.5 Å². The lowest BCUT2D eigenvalue weighted by Gasteiger charge is -2.45. The van der Waals surface area contributed by atoms with Gasteiger partial charge in [0.2, 0.25) is 0 Å². The minimum atomic E-state index is -0.292. The van der Waals surface area contributed by atoms with E-state index in [1.807, 2.05) is 12.1 Å². The van der Waals surface area contributed by atoms with E-state index in [4.69, 9.17) is 0 Å². The van der Waals surface area contributed by atoms with Gasteiger partial charge in [0.1, 0.15) is 0 Å². The van der Waals surface area contributed by atoms with Crippen LogP contribution in [0.4, 0.5) is 11.4 Å². The molecule has 0 unspecified atom stereocenters. The number of nitro benzene ring substituents is 1. The van der Waals surface area contributed by atoms with Gasteiger partial charge in [0.05, 0.1) is 4.92 Å². The molecule has 1 aromatic rings. The number of benzene rings is 1. The number of fused-ring (bicyclic) bond motifs is 1. The Hall–Kier alpha value is -1.10. The van der Waals surface area contributed by atoms with E-state index in [9.17, 15) is 10.1 Å². The molecule has 1 aliphatic heterocycles. The predicted molar refractivity (Wildman–Crippen MR) is 88.1 cm³/mol. The van der Waals surface area contributed by atoms with E-state index in [1.54, 1.807) is 6.07 Å². The number of anilines is 1. The fraction of sp³-hybridized carbons (Fsp3) is 0.625. The highest BCUT2D eigenvalue weighted by molar-refractivity contribution is 9.08. The van der Waals surface area contributed by atoms with Crippen molar-refractivity contribution >= 4 is 27.3 Å². The van der Waals surface area contributed by atoms with Crippen molar-refractivity contribution in [2.45, 2.75) is 49.9 Å². The fourth-order valence-corrected chi connectivity index (χ4v) is 4.43. The molecule has 114 valence electrons. The predicted octanol–water partition coefficient (Wildman–Crippen LogP) is 4.65. The first kappa shape index (κ1) is 14.8. The molecule has 0 bridgehead atoms. The van der Waals surface area contributed by atoms with Crippen LogP contribution in [0, 0.1) is 16.0 Å². The molecule has 1 aliphatic carbocycles. The van der Waals surface area contributed by atoms with Crippen molar-refractivity contribution in [1.82, 2.24) is 0 Å². The lowest BCUT2D eigenvalue weighted by atomic mass is 9.78. The van der Waals surface area contributed by atoms with Gasteiger partial charge in [-0.3, -0.25) is 10.1 Å². The molecule has 5 heteroatoms. The minimum absolute atomic E-state index is 0.216. The van der Waals surface area contributed by atoms with Crippen LogP contribution < -0.4 is 4.90 Å². The highest BCUT2D eigenvalue weighted by atomic mass is 79.9. The van der Waals surface area contributed by atoms with E-state index in [2.05, 4.69) is 20.8 Å². The van der Waals surface area contributed by atoms with Crippen molar-refractivity contribution in [2.24, 2.45) is 5.92 Å². The summed E-state index contributed by atoms with van der Waals surface area (Å²) in [4.78, 5) is 13.3. The van der Waals surface area contributed by atoms with Gasteiger partial charge in [0.25, 0.3) is 5.69 Å². The van der Waals surface area contributed by atoms with Crippen LogP contribution in [-0.4, -0.2) is 17.5 Å². The molecule has 1 saturated carbocycles. The Labute approximate surface area is 133 Å². The largest absolute Gasteiger partial charge is 0.368 e. The normalized spacial score (nSPS) is 25.5. The van der Waals surface area contributed by atoms with E-state index in [0.717, 1.165) is 23.7 Å². The first-order valence-corrected chi connectivity index (χ1v) is 8.93. The van der Waals surface area contributed by atoms with Gasteiger partial charge >= 0.3 is 0 Å². The summed E-state index contributed by atoms with van der Waals surface area (Å²) in [5.74, 6) is 0.815. The molecule has 2 fully saturated rings. The molecular formula is C16H21BrN2O2. The molecule has 3 rings (SSSR count). The van der Waals surface area contributed by atoms with Gasteiger partial charge in [0.15, 0.2) is 0 Å². The van der Waals surface area contributed by atoms with Crippen molar-refractivity contribution in [3.63, 3.8) is 0 Å². The summed E-state index contributed by atoms with van der Waals surface area (Å²) in [5, 5.41) is 11.6. The maximum atomic E-state index is 11.1. The third-order valence-electron chi connectivity index (χ3n) is 4.98. The molecule has 21 heavy (non-hydrogen) atoms. The Balaban J connectivity index is 1.90. The van der Waals surface area contributed by atoms with Crippen LogP contribution in [0.2, 0.25) is 0 Å². The van der Waals surface area contributed by atoms with Crippen LogP contribution in [0.15, 0.2) is 18.2 Å². The molecule has 2 aliphatic rings. The number of hydrogen-bond donors (Lipinski definition) is 0. The number of rotatable bonds is 3. The van der Waals surface area contributed by atoms with Crippen LogP contribution in [-0.2, 0) is 5.33 Å². The van der Waals surface area contributed by atoms with Crippen molar-refractivity contribution < 1.29 is 4.92 Å². The van der Waals surface area contributed by atoms with Gasteiger partial charge in [0, 0.05) is 35.2 Å². The topological polar surface area (TPSA) is 46.4 Å². The molecule has 0 radical (unpaired) electrons. The summed E-state index contributed by atoms with van der Waals surface area (Å²) >= 11 is 3.38. The molecule has 1 saturated heterocycles. The lowest BCUT2D eigenvalue weighted by molar-refractivity contribution is -0.385. The van der Waals surface area contributed by atoms with E-state index < -0.39 is 0 Å². The van der Waals surface area contributed by atoms with Gasteiger partial charge in [-0.25, -0.2) is 0 Å². The van der Waals surface area contributed by atoms with E-state index >= 15 is 0 Å². The molecule has 0 amide bonds. The van der Waals surface area contributed by atoms with Gasteiger partial charge in [-0.05, 0) is 43.7 Å². The molecule has 4 nitrogen and oxygen atoms in total. The standard InChI is InChI=1S/C16H21BrN2O2/c17-11-13-10-14(7-8-16(13)19(20)21)18-9-3-5-12-4-1-2-6-15(12)18/h7-8,10,12,15H,1-6,9,11H2/t12-,15-/m1/s1. The average molecular weight is 353 g/mol. The van der Waals surface area contributed by atoms with Crippen molar-refractivity contribution in [3.05, 3.63) is 33.9 Å². The number of halogens is 1. The molecule has 2 atom stereocenters. The first-order valence-electron chi connectivity index (χ1n) is 7.80. The van der Waals surface area contributed by atoms with Crippen molar-refractivity contribution in [1.29, 1.82) is 0 Å². The van der Waals surface area contributed by atoms with E-state index in [-0.39, 0.29) is 10.6 Å². The second-order valence-corrected chi connectivity index (χ2v) is 6.71. The van der Waals surface area contributed by atoms with Crippen molar-refractivity contribution in [2.75, 3.05) is 11.4 Å². The number of alkyl halides is 1. The highest BCUT2D eigenvalue weighted by Gasteiger charge is 2.33. The maximum Gasteiger partial charge on any atom is 0.273 e. The summed E-state index contributed by atoms with van der Waals surface area (Å²) in [7, 11) is 0. The summed E-state index contributed by atoms with van der Waals surface area (Å²) in [5.41, 5.74) is 2.15. The Morgan fingerprint density at radius 3 is 2.76 bits per heavy atom. The molecule has 1 heterocycles. The smallest absolute Gasteiger partial charge is 0.273 e. The second-order valence-electron chi connectivity index (χ2n) is 6.15. The quantitative estimate of drug-likeness (QED) is 0.451. The molecule has 0 N–H and O–H groups in total. The van der Waals surface area contributed by atoms with Crippen LogP contribution in [0.25, 0.3) is 0 Å². The summed E-state index contributed by atoms with van der Waals surface area (Å²) < 4.78 is 0. The Kier molecular flexibility index (Phi) is 4.48. The van der Waals surface area contributed by atoms with Gasteiger partial charge in [-0.2, -0.15) is 0 Å². The number of nitro groups is 1. The zero-order valence-corrected chi connectivity index (χ0v) is 13.7. The van der Waals surface area contributed by atoms with Crippen molar-refractivity contribution in [3.8, 4) is 0 Å². The maximum absolute atomic E-state index is 11.1. The third kappa shape index (κ3) is 2.93. The van der Waals surface area contributed by atoms with Gasteiger partial charge in [-0.15, -0.1) is 0 Å². The molecule has 0 aromatic heterocycles. The zero-order valence-electron chi connectivity index (χ0n) is 12.1. The number of piperidine rings is 1. The highest BCUT2D eigenvalue weighted by Crippen LogP contribution is 2.38. The zero-order chi connectivity index (χ0) is 14.8. The summed E-state index contributed by atoms with van der Waals surface area (Å²) in [6, 6.07) is 6.24. The fourth-order valence-electron chi connectivity index (χ4n) is 3.98. The average Bonchev–Trinajstić information content (AvgIpc) is 2.53. The summed E-state index contributed by atoms with van der Waals surface area (Å²) in [6.45, 7) is 1.08. The molecular weight excluding hydrogens is 332 g/mol. The van der Waals surface area contributed by atoms with Crippen LogP contribution in [0.5, 0.6) is 0 Å². The number of nitrogens with zero attached hydrogens (tertiary/aromatic N) is 2. The van der Waals surface area contributed by atoms with Crippen LogP contribution in [0.1, 0.15) is 44.1 Å². The van der Waals surface area contributed by atoms with E-state index in [0.29, 0.717) is 11.4 Å². The summed E-state index contributed by atoms with van der Waals surface area (Å²) in [6.07, 6.45) is 7.88. The Morgan fingerprint density at radius 2 is 2.00 bits per heavy atom. The van der Waals surface area contributed by atoms with Gasteiger partial charge in [-0.1, -0.05) is 28.8 Å². The Morgan fingerprint density at radius 1 is 1.24 bits per heavy atom. The lowest BCUT2D eigenvalue weighted by Crippen LogP contribution is -2.46. The monoisotopic (exact) mass is 352 g/mol. The third-order valence-corrected chi connectivity index (χ3v) is 5.58. The SMILES string of the molecule is O=[N+]([O-])c1ccc(N2CCC[C@H]3CCCC[C@H]32)cc1CBr. The Bertz CT molecular complexity index is 533. The molecule has 0 spiro atoms. The van der Waals surface area contributed by atoms with Crippen LogP contribution in [0.3, 0.4) is 0 Å². The second kappa shape index (κ2) is 6.34. The van der Waals surface area contributed by atoms with Crippen LogP contribution >= 0.6 is 15.9 Å². The first-order chi connectivity index (χ1) is 10.2. The molecule has 1 aromatic carbocycles. The number of hydrogen-bond acceptors (Lipinski definition) is 3. The minimum Gasteiger partial charge on any atom is -0.368 e.